The summed E-state index contributed by atoms with van der Waals surface area (Å²) in [4.78, 5) is 23.3. The van der Waals surface area contributed by atoms with E-state index in [1.54, 1.807) is 30.3 Å². The minimum atomic E-state index is -5.77. The molecular formula is C28H37Na2O19P. The number of phosphoric acid groups is 1. The molecule has 0 amide bonds. The molecule has 19 nitrogen and oxygen atoms in total. The van der Waals surface area contributed by atoms with E-state index >= 15 is 0 Å². The van der Waals surface area contributed by atoms with E-state index in [0.29, 0.717) is 11.1 Å². The number of hydrogen-bond acceptors (Lipinski definition) is 19. The monoisotopic (exact) mass is 754 g/mol. The second-order valence-corrected chi connectivity index (χ2v) is 12.5. The zero-order valence-electron chi connectivity index (χ0n) is 27.2. The summed E-state index contributed by atoms with van der Waals surface area (Å²) in [6, 6.07) is 10.0. The van der Waals surface area contributed by atoms with Gasteiger partial charge in [0, 0.05) is 0 Å². The molecule has 0 saturated carbocycles. The van der Waals surface area contributed by atoms with E-state index < -0.39 is 114 Å². The molecule has 5 rings (SSSR count). The number of rotatable bonds is 11. The Morgan fingerprint density at radius 2 is 1.30 bits per heavy atom. The van der Waals surface area contributed by atoms with Crippen molar-refractivity contribution in [1.82, 2.24) is 0 Å². The first-order valence-corrected chi connectivity index (χ1v) is 16.2. The third kappa shape index (κ3) is 10.1. The van der Waals surface area contributed by atoms with Crippen LogP contribution in [0, 0.1) is 0 Å². The van der Waals surface area contributed by atoms with Crippen LogP contribution in [0.3, 0.4) is 0 Å². The molecule has 270 valence electrons. The second-order valence-electron chi connectivity index (χ2n) is 11.4. The Morgan fingerprint density at radius 1 is 0.720 bits per heavy atom. The zero-order valence-corrected chi connectivity index (χ0v) is 32.1. The molecule has 3 aliphatic rings. The summed E-state index contributed by atoms with van der Waals surface area (Å²) in [5.74, 6) is 0.694. The van der Waals surface area contributed by atoms with Gasteiger partial charge in [0.1, 0.15) is 72.5 Å². The number of ether oxygens (including phenoxy) is 7. The topological polar surface area (TPSA) is 299 Å². The molecule has 0 spiro atoms. The third-order valence-corrected chi connectivity index (χ3v) is 8.70. The van der Waals surface area contributed by atoms with Crippen molar-refractivity contribution >= 4 is 18.6 Å². The average molecular weight is 755 g/mol. The van der Waals surface area contributed by atoms with Gasteiger partial charge in [-0.15, -0.1) is 0 Å². The van der Waals surface area contributed by atoms with Gasteiger partial charge >= 0.3 is 59.1 Å². The Balaban J connectivity index is 0.00000338. The summed E-state index contributed by atoms with van der Waals surface area (Å²) in [5.41, 5.74) is 0. The predicted octanol–water partition coefficient (Wildman–Crippen LogP) is -10.8. The number of benzene rings is 2. The van der Waals surface area contributed by atoms with Gasteiger partial charge in [-0.25, -0.2) is 0 Å². The van der Waals surface area contributed by atoms with E-state index in [1.807, 2.05) is 0 Å². The van der Waals surface area contributed by atoms with Crippen LogP contribution in [-0.2, 0) is 32.8 Å². The maximum atomic E-state index is 11.7. The Bertz CT molecular complexity index is 1420. The van der Waals surface area contributed by atoms with Crippen LogP contribution in [0.4, 0.5) is 0 Å². The number of phosphoric ester groups is 1. The molecule has 3 aliphatic heterocycles. The van der Waals surface area contributed by atoms with Crippen molar-refractivity contribution in [3.8, 4) is 11.5 Å². The first-order chi connectivity index (χ1) is 22.7. The average Bonchev–Trinajstić information content (AvgIpc) is 3.06. The maximum Gasteiger partial charge on any atom is 1.00 e. The third-order valence-electron chi connectivity index (χ3n) is 8.20. The largest absolute Gasteiger partial charge is 1.00 e. The molecule has 3 saturated heterocycles. The van der Waals surface area contributed by atoms with Crippen LogP contribution in [0.25, 0.3) is 10.8 Å². The van der Waals surface area contributed by atoms with Gasteiger partial charge in [0.05, 0.1) is 34.8 Å². The first-order valence-electron chi connectivity index (χ1n) is 14.7. The first kappa shape index (κ1) is 44.3. The van der Waals surface area contributed by atoms with Crippen molar-refractivity contribution in [1.29, 1.82) is 0 Å². The van der Waals surface area contributed by atoms with E-state index in [4.69, 9.17) is 33.2 Å². The van der Waals surface area contributed by atoms with Gasteiger partial charge < -0.3 is 92.9 Å². The number of hydrogen-bond donors (Lipinski definition) is 8. The Labute approximate surface area is 329 Å². The molecule has 50 heavy (non-hydrogen) atoms. The van der Waals surface area contributed by atoms with E-state index in [1.165, 1.54) is 13.2 Å². The zero-order chi connectivity index (χ0) is 34.9. The molecular weight excluding hydrogens is 717 g/mol. The molecule has 0 radical (unpaired) electrons. The summed E-state index contributed by atoms with van der Waals surface area (Å²) >= 11 is 0. The van der Waals surface area contributed by atoms with Gasteiger partial charge in [-0.2, -0.15) is 0 Å². The fourth-order valence-electron chi connectivity index (χ4n) is 5.61. The van der Waals surface area contributed by atoms with E-state index in [0.717, 1.165) is 5.39 Å². The van der Waals surface area contributed by atoms with Gasteiger partial charge in [-0.05, 0) is 35.0 Å². The van der Waals surface area contributed by atoms with Crippen LogP contribution >= 0.6 is 7.82 Å². The smallest absolute Gasteiger partial charge is 0.790 e. The van der Waals surface area contributed by atoms with E-state index in [2.05, 4.69) is 4.52 Å². The fourth-order valence-corrected chi connectivity index (χ4v) is 6.13. The summed E-state index contributed by atoms with van der Waals surface area (Å²) in [6.45, 7) is -2.20. The number of aliphatic hydroxyl groups is 8. The Hall–Kier alpha value is -0.110. The molecule has 3 fully saturated rings. The molecule has 8 N–H and O–H groups in total. The summed E-state index contributed by atoms with van der Waals surface area (Å²) in [7, 11) is -4.29. The van der Waals surface area contributed by atoms with E-state index in [-0.39, 0.29) is 64.9 Å². The SMILES string of the molecule is COc1ccc2ccc(O[C@@H]3OC[C@@H](O[C@@H]4O[C@H](CO)[C@H](O)[C@H](O[C@@H]5O[C@H](CO)[C@H](O)[C@H](O)[C@H]5O)[C@H]4O)[C@H](O)[C@H]3OP(=O)([O-])[O-])cc2c1.[Na+].[Na+]. The minimum absolute atomic E-state index is 0. The Kier molecular flexibility index (Phi) is 16.8. The Morgan fingerprint density at radius 3 is 1.90 bits per heavy atom. The standard InChI is InChI=1S/C28H39O19P.2Na/c1-40-13-4-2-11-3-5-14(7-12(11)6-13)42-28-25(47-48(37,38)39)20(33)17(10-41-28)45-27-23(36)24(19(32)16(9-30)44-27)46-26-22(35)21(34)18(31)15(8-29)43-26;;/h2-7,15-36H,8-10H2,1H3,(H2,37,38,39);;/q;2*+1/p-2/t15-,16-,17-,18+,19+,20+,21+,22-,23-,24+,25-,26+,27+,28+;;/m1../s1. The van der Waals surface area contributed by atoms with Crippen molar-refractivity contribution in [3.63, 3.8) is 0 Å². The molecule has 2 aromatic rings. The predicted molar refractivity (Wildman–Crippen MR) is 151 cm³/mol. The number of methoxy groups -OCH3 is 1. The molecule has 0 bridgehead atoms. The molecule has 2 aromatic carbocycles. The quantitative estimate of drug-likeness (QED) is 0.0780. The van der Waals surface area contributed by atoms with Gasteiger partial charge in [0.25, 0.3) is 0 Å². The summed E-state index contributed by atoms with van der Waals surface area (Å²) in [5, 5.41) is 84.2. The van der Waals surface area contributed by atoms with Gasteiger partial charge in [0.15, 0.2) is 18.7 Å². The van der Waals surface area contributed by atoms with Crippen molar-refractivity contribution < 1.29 is 152 Å². The van der Waals surface area contributed by atoms with E-state index in [9.17, 15) is 55.2 Å². The molecule has 3 heterocycles. The number of aliphatic hydroxyl groups excluding tert-OH is 8. The molecule has 0 aromatic heterocycles. The molecule has 0 unspecified atom stereocenters. The van der Waals surface area contributed by atoms with Gasteiger partial charge in [-0.1, -0.05) is 12.1 Å². The van der Waals surface area contributed by atoms with Crippen LogP contribution < -0.4 is 78.4 Å². The molecule has 14 atom stereocenters. The van der Waals surface area contributed by atoms with Crippen LogP contribution in [0.15, 0.2) is 36.4 Å². The summed E-state index contributed by atoms with van der Waals surface area (Å²) in [6.07, 6.45) is -24.8. The van der Waals surface area contributed by atoms with Crippen molar-refractivity contribution in [2.45, 2.75) is 86.0 Å². The molecule has 22 heteroatoms. The van der Waals surface area contributed by atoms with Crippen LogP contribution in [-0.4, -0.2) is 154 Å². The van der Waals surface area contributed by atoms with Crippen LogP contribution in [0.5, 0.6) is 11.5 Å². The molecule has 0 aliphatic carbocycles. The second kappa shape index (κ2) is 19.0. The normalized spacial score (nSPS) is 37.7. The van der Waals surface area contributed by atoms with Gasteiger partial charge in [0.2, 0.25) is 6.29 Å². The van der Waals surface area contributed by atoms with Crippen molar-refractivity contribution in [2.24, 2.45) is 0 Å². The van der Waals surface area contributed by atoms with Crippen molar-refractivity contribution in [2.75, 3.05) is 26.9 Å². The van der Waals surface area contributed by atoms with Crippen LogP contribution in [0.2, 0.25) is 0 Å². The minimum Gasteiger partial charge on any atom is -0.790 e. The number of fused-ring (bicyclic) bond motifs is 1. The van der Waals surface area contributed by atoms with Crippen LogP contribution in [0.1, 0.15) is 0 Å². The maximum absolute atomic E-state index is 11.7. The van der Waals surface area contributed by atoms with Gasteiger partial charge in [-0.3, -0.25) is 0 Å². The fraction of sp³-hybridized carbons (Fsp3) is 0.643. The van der Waals surface area contributed by atoms with Crippen molar-refractivity contribution in [3.05, 3.63) is 36.4 Å². The summed E-state index contributed by atoms with van der Waals surface area (Å²) < 4.78 is 54.7.